The van der Waals surface area contributed by atoms with Crippen molar-refractivity contribution in [3.63, 3.8) is 0 Å². The second kappa shape index (κ2) is 8.43. The Kier molecular flexibility index (Phi) is 5.56. The van der Waals surface area contributed by atoms with E-state index in [9.17, 15) is 4.79 Å². The van der Waals surface area contributed by atoms with Gasteiger partial charge in [-0.1, -0.05) is 36.4 Å². The van der Waals surface area contributed by atoms with Crippen molar-refractivity contribution >= 4 is 17.4 Å². The Morgan fingerprint density at radius 1 is 1.00 bits per heavy atom. The minimum Gasteiger partial charge on any atom is -0.354 e. The molecule has 29 heavy (non-hydrogen) atoms. The average molecular weight is 386 g/mol. The number of rotatable bonds is 4. The molecule has 0 saturated carbocycles. The molecule has 0 bridgehead atoms. The molecule has 3 aromatic rings. The van der Waals surface area contributed by atoms with E-state index in [1.54, 1.807) is 0 Å². The fourth-order valence-corrected chi connectivity index (χ4v) is 3.95. The van der Waals surface area contributed by atoms with E-state index in [1.807, 2.05) is 68.4 Å². The van der Waals surface area contributed by atoms with Crippen molar-refractivity contribution in [2.75, 3.05) is 23.3 Å². The first-order valence-electron chi connectivity index (χ1n) is 10.1. The summed E-state index contributed by atoms with van der Waals surface area (Å²) in [5.74, 6) is 0.849. The van der Waals surface area contributed by atoms with Crippen LogP contribution in [0.2, 0.25) is 0 Å². The fraction of sp³-hybridized carbons (Fsp3) is 0.292. The van der Waals surface area contributed by atoms with Gasteiger partial charge in [0.2, 0.25) is 5.91 Å². The first kappa shape index (κ1) is 19.1. The molecule has 5 heteroatoms. The van der Waals surface area contributed by atoms with Crippen LogP contribution in [0.25, 0.3) is 11.3 Å². The maximum absolute atomic E-state index is 12.8. The zero-order valence-electron chi connectivity index (χ0n) is 16.9. The van der Waals surface area contributed by atoms with Crippen LogP contribution in [0.1, 0.15) is 24.0 Å². The highest BCUT2D eigenvalue weighted by Gasteiger charge is 2.27. The Balaban J connectivity index is 1.43. The smallest absolute Gasteiger partial charge is 0.229 e. The number of anilines is 2. The van der Waals surface area contributed by atoms with Gasteiger partial charge < -0.3 is 10.2 Å². The number of nitrogens with one attached hydrogen (secondary N) is 1. The molecular weight excluding hydrogens is 360 g/mol. The van der Waals surface area contributed by atoms with Crippen molar-refractivity contribution in [3.05, 3.63) is 71.8 Å². The third-order valence-electron chi connectivity index (χ3n) is 5.33. The third-order valence-corrected chi connectivity index (χ3v) is 5.33. The van der Waals surface area contributed by atoms with E-state index in [4.69, 9.17) is 0 Å². The van der Waals surface area contributed by atoms with Crippen LogP contribution in [0.4, 0.5) is 11.5 Å². The second-order valence-electron chi connectivity index (χ2n) is 7.79. The van der Waals surface area contributed by atoms with Crippen molar-refractivity contribution in [1.82, 2.24) is 10.2 Å². The SMILES string of the molecule is Cc1cc(C)cc(NC(=O)[C@@H]2CCCN(c3ccc(-c4ccccc4)nn3)C2)c1. The standard InChI is InChI=1S/C24H26N4O/c1-17-13-18(2)15-21(14-17)25-24(29)20-9-6-12-28(16-20)23-11-10-22(26-27-23)19-7-4-3-5-8-19/h3-5,7-8,10-11,13-15,20H,6,9,12,16H2,1-2H3,(H,25,29)/t20-/m1/s1. The van der Waals surface area contributed by atoms with Crippen molar-refractivity contribution in [1.29, 1.82) is 0 Å². The van der Waals surface area contributed by atoms with Gasteiger partial charge in [0, 0.05) is 24.3 Å². The minimum absolute atomic E-state index is 0.0554. The lowest BCUT2D eigenvalue weighted by molar-refractivity contribution is -0.120. The summed E-state index contributed by atoms with van der Waals surface area (Å²) in [6.45, 7) is 5.65. The fourth-order valence-electron chi connectivity index (χ4n) is 3.95. The molecule has 2 heterocycles. The monoisotopic (exact) mass is 386 g/mol. The number of carbonyl (C=O) groups is 1. The number of benzene rings is 2. The zero-order chi connectivity index (χ0) is 20.2. The number of carbonyl (C=O) groups excluding carboxylic acids is 1. The summed E-state index contributed by atoms with van der Waals surface area (Å²) >= 11 is 0. The summed E-state index contributed by atoms with van der Waals surface area (Å²) in [6.07, 6.45) is 1.86. The molecule has 1 saturated heterocycles. The van der Waals surface area contributed by atoms with Crippen LogP contribution < -0.4 is 10.2 Å². The van der Waals surface area contributed by atoms with Gasteiger partial charge in [-0.2, -0.15) is 0 Å². The van der Waals surface area contributed by atoms with Crippen LogP contribution in [-0.2, 0) is 4.79 Å². The van der Waals surface area contributed by atoms with Crippen molar-refractivity contribution in [2.45, 2.75) is 26.7 Å². The molecule has 148 valence electrons. The Labute approximate surface area is 171 Å². The van der Waals surface area contributed by atoms with E-state index in [2.05, 4.69) is 26.5 Å². The number of aryl methyl sites for hydroxylation is 2. The highest BCUT2D eigenvalue weighted by molar-refractivity contribution is 5.93. The molecule has 1 atom stereocenters. The van der Waals surface area contributed by atoms with E-state index >= 15 is 0 Å². The zero-order valence-corrected chi connectivity index (χ0v) is 16.9. The molecule has 0 radical (unpaired) electrons. The summed E-state index contributed by atoms with van der Waals surface area (Å²) < 4.78 is 0. The molecule has 1 aliphatic rings. The van der Waals surface area contributed by atoms with Crippen molar-refractivity contribution < 1.29 is 4.79 Å². The predicted octanol–water partition coefficient (Wildman–Crippen LogP) is 4.62. The summed E-state index contributed by atoms with van der Waals surface area (Å²) in [4.78, 5) is 15.0. The predicted molar refractivity (Wildman–Crippen MR) is 117 cm³/mol. The Bertz CT molecular complexity index is 965. The molecule has 0 aliphatic carbocycles. The van der Waals surface area contributed by atoms with Gasteiger partial charge in [0.1, 0.15) is 0 Å². The number of piperidine rings is 1. The summed E-state index contributed by atoms with van der Waals surface area (Å²) in [5, 5.41) is 11.9. The number of hydrogen-bond donors (Lipinski definition) is 1. The van der Waals surface area contributed by atoms with E-state index in [1.165, 1.54) is 0 Å². The Hall–Kier alpha value is -3.21. The molecule has 1 N–H and O–H groups in total. The average Bonchev–Trinajstić information content (AvgIpc) is 2.74. The lowest BCUT2D eigenvalue weighted by Crippen LogP contribution is -2.41. The van der Waals surface area contributed by atoms with Crippen LogP contribution in [0.15, 0.2) is 60.7 Å². The van der Waals surface area contributed by atoms with E-state index in [0.29, 0.717) is 6.54 Å². The molecule has 5 nitrogen and oxygen atoms in total. The van der Waals surface area contributed by atoms with Gasteiger partial charge in [0.15, 0.2) is 5.82 Å². The van der Waals surface area contributed by atoms with E-state index < -0.39 is 0 Å². The summed E-state index contributed by atoms with van der Waals surface area (Å²) in [5.41, 5.74) is 5.08. The molecule has 1 aromatic heterocycles. The molecule has 0 spiro atoms. The second-order valence-corrected chi connectivity index (χ2v) is 7.79. The largest absolute Gasteiger partial charge is 0.354 e. The molecular formula is C24H26N4O. The van der Waals surface area contributed by atoms with Crippen molar-refractivity contribution in [2.24, 2.45) is 5.92 Å². The number of amides is 1. The van der Waals surface area contributed by atoms with E-state index in [-0.39, 0.29) is 11.8 Å². The molecule has 1 fully saturated rings. The molecule has 0 unspecified atom stereocenters. The van der Waals surface area contributed by atoms with Gasteiger partial charge >= 0.3 is 0 Å². The summed E-state index contributed by atoms with van der Waals surface area (Å²) in [6, 6.07) is 20.2. The quantitative estimate of drug-likeness (QED) is 0.711. The number of nitrogens with zero attached hydrogens (tertiary/aromatic N) is 3. The van der Waals surface area contributed by atoms with Gasteiger partial charge in [-0.3, -0.25) is 4.79 Å². The van der Waals surface area contributed by atoms with Gasteiger partial charge in [-0.15, -0.1) is 10.2 Å². The highest BCUT2D eigenvalue weighted by Crippen LogP contribution is 2.24. The maximum atomic E-state index is 12.8. The van der Waals surface area contributed by atoms with E-state index in [0.717, 1.165) is 53.3 Å². The highest BCUT2D eigenvalue weighted by atomic mass is 16.1. The van der Waals surface area contributed by atoms with Gasteiger partial charge in [0.25, 0.3) is 0 Å². The van der Waals surface area contributed by atoms with Crippen LogP contribution in [0.5, 0.6) is 0 Å². The topological polar surface area (TPSA) is 58.1 Å². The van der Waals surface area contributed by atoms with Crippen molar-refractivity contribution in [3.8, 4) is 11.3 Å². The Morgan fingerprint density at radius 2 is 1.76 bits per heavy atom. The lowest BCUT2D eigenvalue weighted by atomic mass is 9.97. The number of hydrogen-bond acceptors (Lipinski definition) is 4. The minimum atomic E-state index is -0.0554. The normalized spacial score (nSPS) is 16.5. The summed E-state index contributed by atoms with van der Waals surface area (Å²) in [7, 11) is 0. The molecule has 2 aromatic carbocycles. The van der Waals surface area contributed by atoms with Crippen LogP contribution in [0, 0.1) is 19.8 Å². The Morgan fingerprint density at radius 3 is 2.45 bits per heavy atom. The maximum Gasteiger partial charge on any atom is 0.229 e. The first-order valence-corrected chi connectivity index (χ1v) is 10.1. The van der Waals surface area contributed by atoms with Crippen LogP contribution in [0.3, 0.4) is 0 Å². The molecule has 4 rings (SSSR count). The van der Waals surface area contributed by atoms with Crippen LogP contribution in [-0.4, -0.2) is 29.2 Å². The van der Waals surface area contributed by atoms with Gasteiger partial charge in [-0.25, -0.2) is 0 Å². The first-order chi connectivity index (χ1) is 14.1. The van der Waals surface area contributed by atoms with Gasteiger partial charge in [-0.05, 0) is 62.1 Å². The van der Waals surface area contributed by atoms with Crippen LogP contribution >= 0.6 is 0 Å². The lowest BCUT2D eigenvalue weighted by Gasteiger charge is -2.32. The number of aromatic nitrogens is 2. The van der Waals surface area contributed by atoms with Gasteiger partial charge in [0.05, 0.1) is 11.6 Å². The molecule has 1 amide bonds. The molecule has 1 aliphatic heterocycles. The third kappa shape index (κ3) is 4.62.